The summed E-state index contributed by atoms with van der Waals surface area (Å²) in [6.45, 7) is 3.45. The molecule has 2 fully saturated rings. The summed E-state index contributed by atoms with van der Waals surface area (Å²) < 4.78 is 11.1. The second kappa shape index (κ2) is 7.32. The standard InChI is InChI=1S/C18H23NO5/c1-12-4-6-13(7-5-12)16-14(3-2-9-24-16)17(20)19-8-10-23-15(11-19)18(21)22/h4-7,14-16H,2-3,8-11H2,1H3,(H,21,22)/t14-,15-,16+/m1/s1. The van der Waals surface area contributed by atoms with Gasteiger partial charge in [0.25, 0.3) is 0 Å². The smallest absolute Gasteiger partial charge is 0.334 e. The predicted molar refractivity (Wildman–Crippen MR) is 86.6 cm³/mol. The Morgan fingerprint density at radius 2 is 1.92 bits per heavy atom. The van der Waals surface area contributed by atoms with Gasteiger partial charge in [-0.1, -0.05) is 29.8 Å². The Hall–Kier alpha value is -1.92. The first kappa shape index (κ1) is 16.9. The number of hydrogen-bond acceptors (Lipinski definition) is 4. The molecule has 6 heteroatoms. The first-order valence-corrected chi connectivity index (χ1v) is 8.37. The molecule has 0 bridgehead atoms. The van der Waals surface area contributed by atoms with Gasteiger partial charge < -0.3 is 19.5 Å². The molecule has 0 aliphatic carbocycles. The number of amides is 1. The Morgan fingerprint density at radius 1 is 1.17 bits per heavy atom. The van der Waals surface area contributed by atoms with Crippen LogP contribution in [0.1, 0.15) is 30.1 Å². The van der Waals surface area contributed by atoms with Crippen LogP contribution in [0, 0.1) is 12.8 Å². The van der Waals surface area contributed by atoms with E-state index in [9.17, 15) is 9.59 Å². The zero-order valence-electron chi connectivity index (χ0n) is 13.8. The Labute approximate surface area is 141 Å². The summed E-state index contributed by atoms with van der Waals surface area (Å²) >= 11 is 0. The van der Waals surface area contributed by atoms with Crippen LogP contribution in [-0.2, 0) is 19.1 Å². The maximum absolute atomic E-state index is 13.0. The van der Waals surface area contributed by atoms with E-state index in [-0.39, 0.29) is 31.1 Å². The van der Waals surface area contributed by atoms with Crippen molar-refractivity contribution in [1.82, 2.24) is 4.90 Å². The number of carboxylic acids is 1. The van der Waals surface area contributed by atoms with Crippen LogP contribution < -0.4 is 0 Å². The van der Waals surface area contributed by atoms with E-state index in [2.05, 4.69) is 0 Å². The van der Waals surface area contributed by atoms with Gasteiger partial charge in [0.2, 0.25) is 5.91 Å². The number of ether oxygens (including phenoxy) is 2. The van der Waals surface area contributed by atoms with Crippen molar-refractivity contribution in [3.63, 3.8) is 0 Å². The van der Waals surface area contributed by atoms with Gasteiger partial charge in [-0.3, -0.25) is 4.79 Å². The van der Waals surface area contributed by atoms with E-state index in [4.69, 9.17) is 14.6 Å². The maximum Gasteiger partial charge on any atom is 0.334 e. The molecule has 0 unspecified atom stereocenters. The number of aliphatic carboxylic acids is 1. The quantitative estimate of drug-likeness (QED) is 0.912. The van der Waals surface area contributed by atoms with Crippen LogP contribution in [0.25, 0.3) is 0 Å². The fourth-order valence-electron chi connectivity index (χ4n) is 3.35. The van der Waals surface area contributed by atoms with Gasteiger partial charge in [-0.05, 0) is 25.3 Å². The van der Waals surface area contributed by atoms with Gasteiger partial charge in [-0.2, -0.15) is 0 Å². The molecule has 2 aliphatic rings. The minimum absolute atomic E-state index is 0.0326. The molecule has 0 spiro atoms. The van der Waals surface area contributed by atoms with Crippen LogP contribution >= 0.6 is 0 Å². The molecule has 0 radical (unpaired) electrons. The lowest BCUT2D eigenvalue weighted by Gasteiger charge is -2.37. The van der Waals surface area contributed by atoms with Gasteiger partial charge in [-0.25, -0.2) is 4.79 Å². The van der Waals surface area contributed by atoms with E-state index in [1.54, 1.807) is 4.90 Å². The molecule has 1 aromatic carbocycles. The highest BCUT2D eigenvalue weighted by molar-refractivity contribution is 5.81. The third-order valence-electron chi connectivity index (χ3n) is 4.70. The normalized spacial score (nSPS) is 27.7. The third kappa shape index (κ3) is 3.60. The molecule has 130 valence electrons. The zero-order valence-corrected chi connectivity index (χ0v) is 13.8. The van der Waals surface area contributed by atoms with Crippen LogP contribution in [0.4, 0.5) is 0 Å². The van der Waals surface area contributed by atoms with Crippen LogP contribution in [0.15, 0.2) is 24.3 Å². The van der Waals surface area contributed by atoms with Gasteiger partial charge in [0.05, 0.1) is 25.2 Å². The lowest BCUT2D eigenvalue weighted by Crippen LogP contribution is -2.51. The second-order valence-corrected chi connectivity index (χ2v) is 6.43. The third-order valence-corrected chi connectivity index (χ3v) is 4.70. The van der Waals surface area contributed by atoms with E-state index in [0.29, 0.717) is 13.2 Å². The molecular weight excluding hydrogens is 310 g/mol. The van der Waals surface area contributed by atoms with Crippen molar-refractivity contribution in [2.24, 2.45) is 5.92 Å². The lowest BCUT2D eigenvalue weighted by molar-refractivity contribution is -0.163. The van der Waals surface area contributed by atoms with Crippen LogP contribution in [0.2, 0.25) is 0 Å². The first-order valence-electron chi connectivity index (χ1n) is 8.37. The number of aryl methyl sites for hydroxylation is 1. The summed E-state index contributed by atoms with van der Waals surface area (Å²) in [4.78, 5) is 25.7. The number of benzene rings is 1. The number of hydrogen-bond donors (Lipinski definition) is 1. The molecule has 3 rings (SSSR count). The molecule has 1 amide bonds. The topological polar surface area (TPSA) is 76.1 Å². The number of carboxylic acid groups (broad SMARTS) is 1. The Kier molecular flexibility index (Phi) is 5.16. The van der Waals surface area contributed by atoms with Gasteiger partial charge in [0.15, 0.2) is 6.10 Å². The van der Waals surface area contributed by atoms with Gasteiger partial charge in [0, 0.05) is 13.2 Å². The molecule has 6 nitrogen and oxygen atoms in total. The lowest BCUT2D eigenvalue weighted by atomic mass is 9.88. The highest BCUT2D eigenvalue weighted by atomic mass is 16.5. The fourth-order valence-corrected chi connectivity index (χ4v) is 3.35. The van der Waals surface area contributed by atoms with Crippen molar-refractivity contribution in [3.8, 4) is 0 Å². The Bertz CT molecular complexity index is 600. The average molecular weight is 333 g/mol. The molecule has 2 heterocycles. The van der Waals surface area contributed by atoms with Crippen molar-refractivity contribution < 1.29 is 24.2 Å². The van der Waals surface area contributed by atoms with E-state index >= 15 is 0 Å². The van der Waals surface area contributed by atoms with Gasteiger partial charge >= 0.3 is 5.97 Å². The maximum atomic E-state index is 13.0. The SMILES string of the molecule is Cc1ccc([C@@H]2OCCC[C@H]2C(=O)N2CCO[C@@H](C(=O)O)C2)cc1. The van der Waals surface area contributed by atoms with Crippen LogP contribution in [-0.4, -0.2) is 54.3 Å². The van der Waals surface area contributed by atoms with Crippen molar-refractivity contribution in [3.05, 3.63) is 35.4 Å². The molecular formula is C18H23NO5. The summed E-state index contributed by atoms with van der Waals surface area (Å²) in [5.41, 5.74) is 2.16. The molecule has 24 heavy (non-hydrogen) atoms. The molecule has 1 N–H and O–H groups in total. The van der Waals surface area contributed by atoms with E-state index in [0.717, 1.165) is 24.0 Å². The number of carbonyl (C=O) groups is 2. The predicted octanol–water partition coefficient (Wildman–Crippen LogP) is 1.77. The molecule has 2 saturated heterocycles. The summed E-state index contributed by atoms with van der Waals surface area (Å²) in [6, 6.07) is 8.05. The Morgan fingerprint density at radius 3 is 2.62 bits per heavy atom. The van der Waals surface area contributed by atoms with Gasteiger partial charge in [-0.15, -0.1) is 0 Å². The van der Waals surface area contributed by atoms with E-state index in [1.165, 1.54) is 0 Å². The zero-order chi connectivity index (χ0) is 17.1. The van der Waals surface area contributed by atoms with E-state index in [1.807, 2.05) is 31.2 Å². The summed E-state index contributed by atoms with van der Waals surface area (Å²) in [5.74, 6) is -1.33. The highest BCUT2D eigenvalue weighted by Gasteiger charge is 2.38. The molecule has 3 atom stereocenters. The molecule has 2 aliphatic heterocycles. The summed E-state index contributed by atoms with van der Waals surface area (Å²) in [5, 5.41) is 9.12. The fraction of sp³-hybridized carbons (Fsp3) is 0.556. The van der Waals surface area contributed by atoms with Crippen molar-refractivity contribution in [2.75, 3.05) is 26.3 Å². The highest BCUT2D eigenvalue weighted by Crippen LogP contribution is 2.35. The minimum atomic E-state index is -1.03. The first-order chi connectivity index (χ1) is 11.6. The van der Waals surface area contributed by atoms with Gasteiger partial charge in [0.1, 0.15) is 0 Å². The van der Waals surface area contributed by atoms with Crippen LogP contribution in [0.3, 0.4) is 0 Å². The van der Waals surface area contributed by atoms with E-state index < -0.39 is 12.1 Å². The van der Waals surface area contributed by atoms with Crippen molar-refractivity contribution in [2.45, 2.75) is 32.0 Å². The largest absolute Gasteiger partial charge is 0.479 e. The monoisotopic (exact) mass is 333 g/mol. The van der Waals surface area contributed by atoms with Crippen molar-refractivity contribution in [1.29, 1.82) is 0 Å². The Balaban J connectivity index is 1.76. The number of morpholine rings is 1. The molecule has 1 aromatic rings. The second-order valence-electron chi connectivity index (χ2n) is 6.43. The average Bonchev–Trinajstić information content (AvgIpc) is 2.62. The number of nitrogens with zero attached hydrogens (tertiary/aromatic N) is 1. The molecule has 0 aromatic heterocycles. The number of carbonyl (C=O) groups excluding carboxylic acids is 1. The number of rotatable bonds is 3. The summed E-state index contributed by atoms with van der Waals surface area (Å²) in [7, 11) is 0. The van der Waals surface area contributed by atoms with Crippen LogP contribution in [0.5, 0.6) is 0 Å². The molecule has 0 saturated carbocycles. The minimum Gasteiger partial charge on any atom is -0.479 e. The van der Waals surface area contributed by atoms with Crippen molar-refractivity contribution >= 4 is 11.9 Å². The summed E-state index contributed by atoms with van der Waals surface area (Å²) in [6.07, 6.45) is 0.390.